The molecular weight excluding hydrogens is 334 g/mol. The predicted molar refractivity (Wildman–Crippen MR) is 111 cm³/mol. The number of carbonyl (C=O) groups is 1. The summed E-state index contributed by atoms with van der Waals surface area (Å²) in [6, 6.07) is 20.3. The molecule has 0 saturated carbocycles. The fourth-order valence-electron chi connectivity index (χ4n) is 3.19. The smallest absolute Gasteiger partial charge is 0.261 e. The van der Waals surface area contributed by atoms with Crippen molar-refractivity contribution in [1.29, 1.82) is 0 Å². The van der Waals surface area contributed by atoms with Crippen molar-refractivity contribution in [3.05, 3.63) is 77.4 Å². The SMILES string of the molecule is CC[C@H](NC(=O)[C@H](C)Oc1ccc2ccccc2c1)c1ccc(C)c(C)c1. The van der Waals surface area contributed by atoms with Gasteiger partial charge in [-0.2, -0.15) is 0 Å². The Morgan fingerprint density at radius 3 is 2.41 bits per heavy atom. The van der Waals surface area contributed by atoms with Gasteiger partial charge in [0.25, 0.3) is 5.91 Å². The number of nitrogens with one attached hydrogen (secondary N) is 1. The summed E-state index contributed by atoms with van der Waals surface area (Å²) in [7, 11) is 0. The summed E-state index contributed by atoms with van der Waals surface area (Å²) in [5.74, 6) is 0.601. The zero-order chi connectivity index (χ0) is 19.4. The second-order valence-electron chi connectivity index (χ2n) is 7.08. The van der Waals surface area contributed by atoms with E-state index in [9.17, 15) is 4.79 Å². The fraction of sp³-hybridized carbons (Fsp3) is 0.292. The first-order valence-corrected chi connectivity index (χ1v) is 9.51. The number of amides is 1. The molecule has 0 unspecified atom stereocenters. The number of rotatable bonds is 6. The molecule has 140 valence electrons. The molecule has 3 nitrogen and oxygen atoms in total. The largest absolute Gasteiger partial charge is 0.481 e. The van der Waals surface area contributed by atoms with Crippen LogP contribution in [0.2, 0.25) is 0 Å². The standard InChI is InChI=1S/C24H27NO2/c1-5-23(21-11-10-16(2)17(3)14-21)25-24(26)18(4)27-22-13-12-19-8-6-7-9-20(19)15-22/h6-15,18,23H,5H2,1-4H3,(H,25,26)/t18-,23-/m0/s1. The van der Waals surface area contributed by atoms with E-state index in [2.05, 4.69) is 50.4 Å². The molecule has 2 atom stereocenters. The van der Waals surface area contributed by atoms with Crippen LogP contribution < -0.4 is 10.1 Å². The van der Waals surface area contributed by atoms with Crippen molar-refractivity contribution in [2.45, 2.75) is 46.3 Å². The third kappa shape index (κ3) is 4.48. The molecule has 27 heavy (non-hydrogen) atoms. The topological polar surface area (TPSA) is 38.3 Å². The van der Waals surface area contributed by atoms with Gasteiger partial charge in [-0.3, -0.25) is 4.79 Å². The van der Waals surface area contributed by atoms with Gasteiger partial charge < -0.3 is 10.1 Å². The molecule has 3 heteroatoms. The molecule has 0 saturated heterocycles. The molecule has 3 aromatic rings. The van der Waals surface area contributed by atoms with Gasteiger partial charge in [0.2, 0.25) is 0 Å². The van der Waals surface area contributed by atoms with Gasteiger partial charge in [0.1, 0.15) is 5.75 Å². The molecule has 0 heterocycles. The van der Waals surface area contributed by atoms with Gasteiger partial charge in [-0.15, -0.1) is 0 Å². The summed E-state index contributed by atoms with van der Waals surface area (Å²) >= 11 is 0. The lowest BCUT2D eigenvalue weighted by atomic mass is 9.99. The fourth-order valence-corrected chi connectivity index (χ4v) is 3.19. The maximum absolute atomic E-state index is 12.7. The lowest BCUT2D eigenvalue weighted by molar-refractivity contribution is -0.128. The van der Waals surface area contributed by atoms with E-state index in [1.54, 1.807) is 6.92 Å². The highest BCUT2D eigenvalue weighted by molar-refractivity contribution is 5.84. The van der Waals surface area contributed by atoms with Crippen LogP contribution in [0.5, 0.6) is 5.75 Å². The van der Waals surface area contributed by atoms with Gasteiger partial charge in [-0.05, 0) is 66.8 Å². The van der Waals surface area contributed by atoms with Gasteiger partial charge in [-0.25, -0.2) is 0 Å². The van der Waals surface area contributed by atoms with Crippen LogP contribution in [0.15, 0.2) is 60.7 Å². The first-order chi connectivity index (χ1) is 13.0. The van der Waals surface area contributed by atoms with E-state index in [0.717, 1.165) is 22.8 Å². The van der Waals surface area contributed by atoms with E-state index in [-0.39, 0.29) is 11.9 Å². The summed E-state index contributed by atoms with van der Waals surface area (Å²) in [5.41, 5.74) is 3.63. The van der Waals surface area contributed by atoms with E-state index in [4.69, 9.17) is 4.74 Å². The summed E-state index contributed by atoms with van der Waals surface area (Å²) in [4.78, 5) is 12.7. The number of aryl methyl sites for hydroxylation is 2. The number of hydrogen-bond acceptors (Lipinski definition) is 2. The minimum absolute atomic E-state index is 0.0144. The summed E-state index contributed by atoms with van der Waals surface area (Å²) in [6.07, 6.45) is 0.267. The van der Waals surface area contributed by atoms with Crippen LogP contribution in [0.25, 0.3) is 10.8 Å². The molecule has 3 rings (SSSR count). The van der Waals surface area contributed by atoms with Crippen LogP contribution >= 0.6 is 0 Å². The molecule has 0 bridgehead atoms. The number of carbonyl (C=O) groups excluding carboxylic acids is 1. The maximum atomic E-state index is 12.7. The van der Waals surface area contributed by atoms with Gasteiger partial charge in [0.15, 0.2) is 6.10 Å². The minimum Gasteiger partial charge on any atom is -0.481 e. The van der Waals surface area contributed by atoms with E-state index in [0.29, 0.717) is 5.75 Å². The average Bonchev–Trinajstić information content (AvgIpc) is 2.68. The van der Waals surface area contributed by atoms with E-state index < -0.39 is 6.10 Å². The summed E-state index contributed by atoms with van der Waals surface area (Å²) in [6.45, 7) is 8.06. The van der Waals surface area contributed by atoms with Crippen molar-refractivity contribution in [3.63, 3.8) is 0 Å². The molecule has 0 aromatic heterocycles. The van der Waals surface area contributed by atoms with Crippen molar-refractivity contribution in [3.8, 4) is 5.75 Å². The van der Waals surface area contributed by atoms with Gasteiger partial charge >= 0.3 is 0 Å². The average molecular weight is 361 g/mol. The Kier molecular flexibility index (Phi) is 5.80. The second kappa shape index (κ2) is 8.26. The van der Waals surface area contributed by atoms with Crippen molar-refractivity contribution >= 4 is 16.7 Å². The maximum Gasteiger partial charge on any atom is 0.261 e. The second-order valence-corrected chi connectivity index (χ2v) is 7.08. The first-order valence-electron chi connectivity index (χ1n) is 9.51. The summed E-state index contributed by atoms with van der Waals surface area (Å²) < 4.78 is 5.90. The summed E-state index contributed by atoms with van der Waals surface area (Å²) in [5, 5.41) is 5.38. The first kappa shape index (κ1) is 19.0. The van der Waals surface area contributed by atoms with Gasteiger partial charge in [0, 0.05) is 0 Å². The third-order valence-corrected chi connectivity index (χ3v) is 5.06. The van der Waals surface area contributed by atoms with E-state index in [1.807, 2.05) is 36.4 Å². The molecule has 0 aliphatic heterocycles. The van der Waals surface area contributed by atoms with Crippen LogP contribution in [-0.2, 0) is 4.79 Å². The van der Waals surface area contributed by atoms with Crippen molar-refractivity contribution in [2.75, 3.05) is 0 Å². The predicted octanol–water partition coefficient (Wildman–Crippen LogP) is 5.49. The number of benzene rings is 3. The molecule has 1 amide bonds. The lowest BCUT2D eigenvalue weighted by Crippen LogP contribution is -2.38. The highest BCUT2D eigenvalue weighted by Gasteiger charge is 2.19. The quantitative estimate of drug-likeness (QED) is 0.630. The molecule has 0 aliphatic rings. The van der Waals surface area contributed by atoms with Crippen LogP contribution in [0, 0.1) is 13.8 Å². The molecule has 1 N–H and O–H groups in total. The van der Waals surface area contributed by atoms with Crippen molar-refractivity contribution < 1.29 is 9.53 Å². The molecule has 0 radical (unpaired) electrons. The molecule has 3 aromatic carbocycles. The Hall–Kier alpha value is -2.81. The Morgan fingerprint density at radius 1 is 0.963 bits per heavy atom. The zero-order valence-electron chi connectivity index (χ0n) is 16.5. The lowest BCUT2D eigenvalue weighted by Gasteiger charge is -2.22. The normalized spacial score (nSPS) is 13.2. The molecule has 0 fully saturated rings. The van der Waals surface area contributed by atoms with Crippen molar-refractivity contribution in [1.82, 2.24) is 5.32 Å². The van der Waals surface area contributed by atoms with Gasteiger partial charge in [-0.1, -0.05) is 55.5 Å². The van der Waals surface area contributed by atoms with E-state index in [1.165, 1.54) is 11.1 Å². The highest BCUT2D eigenvalue weighted by Crippen LogP contribution is 2.23. The third-order valence-electron chi connectivity index (χ3n) is 5.06. The molecular formula is C24H27NO2. The number of fused-ring (bicyclic) bond motifs is 1. The van der Waals surface area contributed by atoms with Crippen molar-refractivity contribution in [2.24, 2.45) is 0 Å². The Balaban J connectivity index is 1.68. The van der Waals surface area contributed by atoms with E-state index >= 15 is 0 Å². The van der Waals surface area contributed by atoms with Crippen LogP contribution in [0.1, 0.15) is 43.0 Å². The highest BCUT2D eigenvalue weighted by atomic mass is 16.5. The molecule has 0 spiro atoms. The number of ether oxygens (including phenoxy) is 1. The number of hydrogen-bond donors (Lipinski definition) is 1. The monoisotopic (exact) mass is 361 g/mol. The zero-order valence-corrected chi connectivity index (χ0v) is 16.5. The van der Waals surface area contributed by atoms with Gasteiger partial charge in [0.05, 0.1) is 6.04 Å². The molecule has 0 aliphatic carbocycles. The Bertz CT molecular complexity index is 948. The Labute approximate surface area is 161 Å². The van der Waals surface area contributed by atoms with Crippen LogP contribution in [-0.4, -0.2) is 12.0 Å². The van der Waals surface area contributed by atoms with Crippen LogP contribution in [0.3, 0.4) is 0 Å². The minimum atomic E-state index is -0.563. The Morgan fingerprint density at radius 2 is 1.70 bits per heavy atom. The van der Waals surface area contributed by atoms with Crippen LogP contribution in [0.4, 0.5) is 0 Å².